The third-order valence-corrected chi connectivity index (χ3v) is 3.71. The molecular formula is C15H19IO4. The van der Waals surface area contributed by atoms with Gasteiger partial charge in [-0.15, -0.1) is 0 Å². The van der Waals surface area contributed by atoms with E-state index in [2.05, 4.69) is 6.92 Å². The van der Waals surface area contributed by atoms with Crippen LogP contribution in [0.4, 0.5) is 0 Å². The lowest BCUT2D eigenvalue weighted by Gasteiger charge is -2.12. The highest BCUT2D eigenvalue weighted by Crippen LogP contribution is 2.33. The average Bonchev–Trinajstić information content (AvgIpc) is 2.34. The van der Waals surface area contributed by atoms with E-state index in [1.54, 1.807) is 0 Å². The SMILES string of the molecule is CCCCCc1cc(OC(C)=O)c(I)c(OC(C)=O)c1. The third-order valence-electron chi connectivity index (χ3n) is 2.64. The van der Waals surface area contributed by atoms with E-state index >= 15 is 0 Å². The number of hydrogen-bond acceptors (Lipinski definition) is 4. The number of benzene rings is 1. The Bertz CT molecular complexity index is 460. The van der Waals surface area contributed by atoms with Crippen LogP contribution in [0.2, 0.25) is 0 Å². The second-order valence-electron chi connectivity index (χ2n) is 4.55. The van der Waals surface area contributed by atoms with Crippen LogP contribution in [0.5, 0.6) is 11.5 Å². The zero-order chi connectivity index (χ0) is 15.1. The van der Waals surface area contributed by atoms with Crippen LogP contribution in [0.3, 0.4) is 0 Å². The summed E-state index contributed by atoms with van der Waals surface area (Å²) in [6.45, 7) is 4.85. The van der Waals surface area contributed by atoms with Gasteiger partial charge in [0, 0.05) is 13.8 Å². The zero-order valence-corrected chi connectivity index (χ0v) is 14.2. The molecule has 5 heteroatoms. The molecule has 20 heavy (non-hydrogen) atoms. The van der Waals surface area contributed by atoms with Crippen molar-refractivity contribution in [3.63, 3.8) is 0 Å². The summed E-state index contributed by atoms with van der Waals surface area (Å²) < 4.78 is 11.0. The highest BCUT2D eigenvalue weighted by molar-refractivity contribution is 14.1. The summed E-state index contributed by atoms with van der Waals surface area (Å²) in [6.07, 6.45) is 4.19. The first-order valence-corrected chi connectivity index (χ1v) is 7.71. The van der Waals surface area contributed by atoms with Gasteiger partial charge in [0.25, 0.3) is 0 Å². The minimum Gasteiger partial charge on any atom is -0.425 e. The van der Waals surface area contributed by atoms with Crippen molar-refractivity contribution in [3.8, 4) is 11.5 Å². The lowest BCUT2D eigenvalue weighted by molar-refractivity contribution is -0.132. The molecule has 0 bridgehead atoms. The van der Waals surface area contributed by atoms with Gasteiger partial charge in [0.1, 0.15) is 11.5 Å². The van der Waals surface area contributed by atoms with Crippen molar-refractivity contribution in [2.45, 2.75) is 46.5 Å². The van der Waals surface area contributed by atoms with Gasteiger partial charge in [-0.05, 0) is 53.1 Å². The number of halogens is 1. The van der Waals surface area contributed by atoms with Crippen molar-refractivity contribution in [1.29, 1.82) is 0 Å². The lowest BCUT2D eigenvalue weighted by atomic mass is 10.1. The molecule has 0 atom stereocenters. The molecular weight excluding hydrogens is 371 g/mol. The second-order valence-corrected chi connectivity index (χ2v) is 5.63. The number of unbranched alkanes of at least 4 members (excludes halogenated alkanes) is 2. The minimum absolute atomic E-state index is 0.387. The number of ether oxygens (including phenoxy) is 2. The Kier molecular flexibility index (Phi) is 6.98. The molecule has 0 unspecified atom stereocenters. The number of carbonyl (C=O) groups excluding carboxylic acids is 2. The highest BCUT2D eigenvalue weighted by atomic mass is 127. The maximum atomic E-state index is 11.1. The lowest BCUT2D eigenvalue weighted by Crippen LogP contribution is -2.07. The molecule has 0 aromatic heterocycles. The Balaban J connectivity index is 3.04. The van der Waals surface area contributed by atoms with E-state index in [0.29, 0.717) is 15.1 Å². The first-order valence-electron chi connectivity index (χ1n) is 6.63. The zero-order valence-electron chi connectivity index (χ0n) is 12.0. The Morgan fingerprint density at radius 2 is 1.55 bits per heavy atom. The molecule has 0 aliphatic rings. The molecule has 0 saturated heterocycles. The van der Waals surface area contributed by atoms with Crippen molar-refractivity contribution in [1.82, 2.24) is 0 Å². The van der Waals surface area contributed by atoms with Crippen molar-refractivity contribution < 1.29 is 19.1 Å². The molecule has 4 nitrogen and oxygen atoms in total. The maximum absolute atomic E-state index is 11.1. The van der Waals surface area contributed by atoms with E-state index in [4.69, 9.17) is 9.47 Å². The number of rotatable bonds is 6. The molecule has 0 fully saturated rings. The third kappa shape index (κ3) is 5.48. The molecule has 1 rings (SSSR count). The van der Waals surface area contributed by atoms with E-state index in [1.165, 1.54) is 13.8 Å². The van der Waals surface area contributed by atoms with Crippen molar-refractivity contribution in [2.24, 2.45) is 0 Å². The van der Waals surface area contributed by atoms with Gasteiger partial charge in [0.2, 0.25) is 0 Å². The van der Waals surface area contributed by atoms with Crippen LogP contribution in [-0.4, -0.2) is 11.9 Å². The molecule has 0 aliphatic carbocycles. The maximum Gasteiger partial charge on any atom is 0.308 e. The first-order chi connectivity index (χ1) is 9.43. The number of esters is 2. The van der Waals surface area contributed by atoms with Gasteiger partial charge in [-0.1, -0.05) is 19.8 Å². The number of aryl methyl sites for hydroxylation is 1. The summed E-state index contributed by atoms with van der Waals surface area (Å²) in [5.41, 5.74) is 1.01. The monoisotopic (exact) mass is 390 g/mol. The fourth-order valence-electron chi connectivity index (χ4n) is 1.81. The van der Waals surface area contributed by atoms with Gasteiger partial charge in [-0.25, -0.2) is 0 Å². The van der Waals surface area contributed by atoms with E-state index in [-0.39, 0.29) is 11.9 Å². The van der Waals surface area contributed by atoms with Crippen molar-refractivity contribution in [3.05, 3.63) is 21.3 Å². The molecule has 0 amide bonds. The largest absolute Gasteiger partial charge is 0.425 e. The van der Waals surface area contributed by atoms with Crippen molar-refractivity contribution >= 4 is 34.5 Å². The van der Waals surface area contributed by atoms with Crippen LogP contribution < -0.4 is 9.47 Å². The fraction of sp³-hybridized carbons (Fsp3) is 0.467. The summed E-state index contributed by atoms with van der Waals surface area (Å²) in [7, 11) is 0. The minimum atomic E-state index is -0.387. The van der Waals surface area contributed by atoms with Crippen LogP contribution in [0.15, 0.2) is 12.1 Å². The van der Waals surface area contributed by atoms with E-state index in [0.717, 1.165) is 31.2 Å². The smallest absolute Gasteiger partial charge is 0.308 e. The summed E-state index contributed by atoms with van der Waals surface area (Å²) >= 11 is 2.01. The molecule has 0 aliphatic heterocycles. The quantitative estimate of drug-likeness (QED) is 0.320. The van der Waals surface area contributed by atoms with Gasteiger partial charge < -0.3 is 9.47 Å². The first kappa shape index (κ1) is 16.9. The summed E-state index contributed by atoms with van der Waals surface area (Å²) in [5.74, 6) is 0.122. The van der Waals surface area contributed by atoms with Gasteiger partial charge >= 0.3 is 11.9 Å². The predicted molar refractivity (Wildman–Crippen MR) is 85.0 cm³/mol. The Hall–Kier alpha value is -1.11. The molecule has 1 aromatic rings. The molecule has 0 N–H and O–H groups in total. The Labute approximate surface area is 133 Å². The van der Waals surface area contributed by atoms with E-state index in [9.17, 15) is 9.59 Å². The van der Waals surface area contributed by atoms with Crippen LogP contribution in [0.1, 0.15) is 45.6 Å². The van der Waals surface area contributed by atoms with Crippen LogP contribution in [0, 0.1) is 3.57 Å². The van der Waals surface area contributed by atoms with Crippen LogP contribution in [-0.2, 0) is 16.0 Å². The standard InChI is InChI=1S/C15H19IO4/c1-4-5-6-7-12-8-13(19-10(2)17)15(16)14(9-12)20-11(3)18/h8-9H,4-7H2,1-3H3. The van der Waals surface area contributed by atoms with Gasteiger partial charge in [-0.3, -0.25) is 9.59 Å². The van der Waals surface area contributed by atoms with E-state index < -0.39 is 0 Å². The fourth-order valence-corrected chi connectivity index (χ4v) is 2.34. The Morgan fingerprint density at radius 3 is 1.95 bits per heavy atom. The Morgan fingerprint density at radius 1 is 1.05 bits per heavy atom. The van der Waals surface area contributed by atoms with Gasteiger partial charge in [0.15, 0.2) is 0 Å². The average molecular weight is 390 g/mol. The molecule has 0 saturated carbocycles. The summed E-state index contributed by atoms with van der Waals surface area (Å²) in [6, 6.07) is 3.68. The predicted octanol–water partition coefficient (Wildman–Crippen LogP) is 3.87. The summed E-state index contributed by atoms with van der Waals surface area (Å²) in [4.78, 5) is 22.3. The normalized spacial score (nSPS) is 10.2. The topological polar surface area (TPSA) is 52.6 Å². The molecule has 0 heterocycles. The van der Waals surface area contributed by atoms with E-state index in [1.807, 2.05) is 34.7 Å². The van der Waals surface area contributed by atoms with Crippen LogP contribution >= 0.6 is 22.6 Å². The van der Waals surface area contributed by atoms with Crippen molar-refractivity contribution in [2.75, 3.05) is 0 Å². The molecule has 0 radical (unpaired) electrons. The van der Waals surface area contributed by atoms with Gasteiger partial charge in [-0.2, -0.15) is 0 Å². The number of carbonyl (C=O) groups is 2. The number of hydrogen-bond donors (Lipinski definition) is 0. The second kappa shape index (κ2) is 8.24. The van der Waals surface area contributed by atoms with Gasteiger partial charge in [0.05, 0.1) is 3.57 Å². The molecule has 1 aromatic carbocycles. The van der Waals surface area contributed by atoms with Crippen LogP contribution in [0.25, 0.3) is 0 Å². The molecule has 0 spiro atoms. The summed E-state index contributed by atoms with van der Waals surface area (Å²) in [5, 5.41) is 0. The molecule has 110 valence electrons. The highest BCUT2D eigenvalue weighted by Gasteiger charge is 2.14.